The Balaban J connectivity index is 2.77. The van der Waals surface area contributed by atoms with Crippen LogP contribution in [0.15, 0.2) is 34.5 Å². The van der Waals surface area contributed by atoms with Crippen LogP contribution in [0.3, 0.4) is 0 Å². The van der Waals surface area contributed by atoms with Crippen molar-refractivity contribution >= 4 is 38.2 Å². The van der Waals surface area contributed by atoms with E-state index < -0.39 is 38.2 Å². The first-order valence-corrected chi connectivity index (χ1v) is 9.62. The molecule has 2 rings (SSSR count). The topological polar surface area (TPSA) is 142 Å². The number of primary amides is 1. The summed E-state index contributed by atoms with van der Waals surface area (Å²) in [5.41, 5.74) is 2.65. The number of rotatable bonds is 5. The predicted molar refractivity (Wildman–Crippen MR) is 94.9 cm³/mol. The number of nitriles is 1. The number of hydrogen-bond acceptors (Lipinski definition) is 7. The van der Waals surface area contributed by atoms with Crippen LogP contribution in [0.1, 0.15) is 29.8 Å². The number of carbonyl (C=O) groups excluding carboxylic acids is 2. The summed E-state index contributed by atoms with van der Waals surface area (Å²) in [4.78, 5) is 23.4. The molecule has 0 radical (unpaired) electrons. The largest absolute Gasteiger partial charge is 0.381 e. The average Bonchev–Trinajstić information content (AvgIpc) is 3.02. The summed E-state index contributed by atoms with van der Waals surface area (Å²) in [5, 5.41) is 19.8. The number of sulfonamides is 1. The lowest BCUT2D eigenvalue weighted by Crippen LogP contribution is -2.48. The van der Waals surface area contributed by atoms with E-state index >= 15 is 0 Å². The molecule has 0 atom stereocenters. The highest BCUT2D eigenvalue weighted by Crippen LogP contribution is 2.35. The van der Waals surface area contributed by atoms with Gasteiger partial charge in [-0.3, -0.25) is 9.59 Å². The van der Waals surface area contributed by atoms with Gasteiger partial charge in [-0.2, -0.15) is 9.57 Å². The van der Waals surface area contributed by atoms with E-state index in [0.29, 0.717) is 17.4 Å². The fourth-order valence-corrected chi connectivity index (χ4v) is 4.81. The smallest absolute Gasteiger partial charge is 0.274 e. The Bertz CT molecular complexity index is 1060. The monoisotopic (exact) mass is 411 g/mol. The molecule has 27 heavy (non-hydrogen) atoms. The highest BCUT2D eigenvalue weighted by atomic mass is 32.2. The number of nitrogens with zero attached hydrogens (tertiary/aromatic N) is 2. The molecule has 2 amide bonds. The van der Waals surface area contributed by atoms with Gasteiger partial charge in [0, 0.05) is 0 Å². The Morgan fingerprint density at radius 1 is 1.33 bits per heavy atom. The molecule has 0 fully saturated rings. The van der Waals surface area contributed by atoms with Gasteiger partial charge in [-0.05, 0) is 43.5 Å². The van der Waals surface area contributed by atoms with Crippen LogP contribution < -0.4 is 10.0 Å². The molecule has 0 spiro atoms. The fraction of sp³-hybridized carbons (Fsp3) is 0.188. The lowest BCUT2D eigenvalue weighted by molar-refractivity contribution is -0.132. The van der Waals surface area contributed by atoms with Crippen LogP contribution >= 0.6 is 11.3 Å². The molecule has 1 heterocycles. The highest BCUT2D eigenvalue weighted by molar-refractivity contribution is 7.93. The first-order chi connectivity index (χ1) is 12.4. The molecule has 11 heteroatoms. The third-order valence-corrected chi connectivity index (χ3v) is 6.11. The standard InChI is InChI=1S/C16H14FN3O5S2/c1-16(2,23)15(22)20(14-10(13(19)21)5-6-26-14)27(24,25)12-4-3-9(8-18)7-11(12)17/h3-7,23H,1-2H3,(H2,19,21). The normalized spacial score (nSPS) is 11.7. The van der Waals surface area contributed by atoms with E-state index in [1.54, 1.807) is 6.07 Å². The maximum absolute atomic E-state index is 14.3. The maximum atomic E-state index is 14.3. The fourth-order valence-electron chi connectivity index (χ4n) is 2.08. The molecular weight excluding hydrogens is 397 g/mol. The molecule has 1 aromatic heterocycles. The maximum Gasteiger partial charge on any atom is 0.274 e. The number of halogens is 1. The molecule has 0 saturated carbocycles. The number of nitrogens with two attached hydrogens (primary N) is 1. The summed E-state index contributed by atoms with van der Waals surface area (Å²) < 4.78 is 40.6. The minimum atomic E-state index is -4.88. The van der Waals surface area contributed by atoms with E-state index in [1.165, 1.54) is 11.4 Å². The van der Waals surface area contributed by atoms with E-state index in [2.05, 4.69) is 0 Å². The van der Waals surface area contributed by atoms with Crippen LogP contribution in [0.5, 0.6) is 0 Å². The van der Waals surface area contributed by atoms with Crippen LogP contribution in [-0.4, -0.2) is 30.9 Å². The number of amides is 2. The van der Waals surface area contributed by atoms with Crippen molar-refractivity contribution < 1.29 is 27.5 Å². The quantitative estimate of drug-likeness (QED) is 0.761. The Hall–Kier alpha value is -2.81. The SMILES string of the molecule is CC(C)(O)C(=O)N(c1sccc1C(N)=O)S(=O)(=O)c1ccc(C#N)cc1F. The molecule has 0 saturated heterocycles. The summed E-state index contributed by atoms with van der Waals surface area (Å²) in [5.74, 6) is -3.58. The number of hydrogen-bond donors (Lipinski definition) is 2. The summed E-state index contributed by atoms with van der Waals surface area (Å²) in [6.07, 6.45) is 0. The Kier molecular flexibility index (Phi) is 5.37. The first-order valence-electron chi connectivity index (χ1n) is 7.30. The third kappa shape index (κ3) is 3.82. The van der Waals surface area contributed by atoms with Crippen molar-refractivity contribution in [1.82, 2.24) is 0 Å². The minimum absolute atomic E-state index is 0.124. The molecule has 3 N–H and O–H groups in total. The van der Waals surface area contributed by atoms with Crippen LogP contribution in [-0.2, 0) is 14.8 Å². The van der Waals surface area contributed by atoms with Gasteiger partial charge in [-0.15, -0.1) is 11.3 Å². The van der Waals surface area contributed by atoms with Crippen LogP contribution in [0.2, 0.25) is 0 Å². The Morgan fingerprint density at radius 2 is 1.96 bits per heavy atom. The second kappa shape index (κ2) is 7.07. The Morgan fingerprint density at radius 3 is 2.44 bits per heavy atom. The van der Waals surface area contributed by atoms with Gasteiger partial charge in [0.1, 0.15) is 21.3 Å². The van der Waals surface area contributed by atoms with Crippen molar-refractivity contribution in [1.29, 1.82) is 5.26 Å². The van der Waals surface area contributed by atoms with Crippen molar-refractivity contribution in [3.8, 4) is 6.07 Å². The van der Waals surface area contributed by atoms with Gasteiger partial charge in [-0.1, -0.05) is 0 Å². The second-order valence-electron chi connectivity index (χ2n) is 5.89. The molecule has 2 aromatic rings. The van der Waals surface area contributed by atoms with Gasteiger partial charge in [0.2, 0.25) is 0 Å². The minimum Gasteiger partial charge on any atom is -0.381 e. The number of aliphatic hydroxyl groups is 1. The van der Waals surface area contributed by atoms with Gasteiger partial charge in [-0.25, -0.2) is 12.8 Å². The second-order valence-corrected chi connectivity index (χ2v) is 8.54. The van der Waals surface area contributed by atoms with Crippen molar-refractivity contribution in [3.63, 3.8) is 0 Å². The van der Waals surface area contributed by atoms with Gasteiger partial charge >= 0.3 is 0 Å². The van der Waals surface area contributed by atoms with Crippen LogP contribution in [0.25, 0.3) is 0 Å². The lowest BCUT2D eigenvalue weighted by Gasteiger charge is -2.27. The zero-order valence-corrected chi connectivity index (χ0v) is 15.8. The van der Waals surface area contributed by atoms with Gasteiger partial charge < -0.3 is 10.8 Å². The molecule has 0 aliphatic rings. The van der Waals surface area contributed by atoms with E-state index in [4.69, 9.17) is 11.0 Å². The summed E-state index contributed by atoms with van der Waals surface area (Å²) in [6, 6.07) is 5.45. The number of carbonyl (C=O) groups is 2. The average molecular weight is 411 g/mol. The molecule has 0 bridgehead atoms. The molecule has 0 unspecified atom stereocenters. The first kappa shape index (κ1) is 20.5. The summed E-state index contributed by atoms with van der Waals surface area (Å²) in [7, 11) is -4.88. The van der Waals surface area contributed by atoms with E-state index in [0.717, 1.165) is 26.0 Å². The molecule has 142 valence electrons. The van der Waals surface area contributed by atoms with Crippen molar-refractivity contribution in [2.24, 2.45) is 5.73 Å². The van der Waals surface area contributed by atoms with E-state index in [-0.39, 0.29) is 20.4 Å². The van der Waals surface area contributed by atoms with Crippen LogP contribution in [0, 0.1) is 17.1 Å². The summed E-state index contributed by atoms with van der Waals surface area (Å²) in [6.45, 7) is 2.09. The van der Waals surface area contributed by atoms with E-state index in [9.17, 15) is 27.5 Å². The zero-order chi connectivity index (χ0) is 20.6. The van der Waals surface area contributed by atoms with Gasteiger partial charge in [0.25, 0.3) is 21.8 Å². The van der Waals surface area contributed by atoms with Crippen molar-refractivity contribution in [2.45, 2.75) is 24.3 Å². The highest BCUT2D eigenvalue weighted by Gasteiger charge is 2.42. The predicted octanol–water partition coefficient (Wildman–Crippen LogP) is 1.35. The Labute approximate surface area is 158 Å². The van der Waals surface area contributed by atoms with Gasteiger partial charge in [0.15, 0.2) is 0 Å². The van der Waals surface area contributed by atoms with E-state index in [1.807, 2.05) is 0 Å². The molecule has 0 aliphatic heterocycles. The zero-order valence-electron chi connectivity index (χ0n) is 14.1. The van der Waals surface area contributed by atoms with Crippen LogP contribution in [0.4, 0.5) is 9.39 Å². The van der Waals surface area contributed by atoms with Crippen molar-refractivity contribution in [2.75, 3.05) is 4.31 Å². The van der Waals surface area contributed by atoms with Crippen molar-refractivity contribution in [3.05, 3.63) is 46.6 Å². The summed E-state index contributed by atoms with van der Waals surface area (Å²) >= 11 is 0.705. The van der Waals surface area contributed by atoms with Gasteiger partial charge in [0.05, 0.1) is 17.2 Å². The molecule has 1 aromatic carbocycles. The number of thiophene rings is 1. The lowest BCUT2D eigenvalue weighted by atomic mass is 10.1. The molecule has 8 nitrogen and oxygen atoms in total. The third-order valence-electron chi connectivity index (χ3n) is 3.38. The molecule has 0 aliphatic carbocycles. The number of benzene rings is 1. The molecular formula is C16H14FN3O5S2. The number of anilines is 1.